The van der Waals surface area contributed by atoms with Crippen molar-refractivity contribution in [1.82, 2.24) is 76.8 Å². The van der Waals surface area contributed by atoms with Crippen molar-refractivity contribution in [3.05, 3.63) is 320 Å². The van der Waals surface area contributed by atoms with E-state index in [2.05, 4.69) is 124 Å². The number of hydrogen-bond acceptors (Lipinski definition) is 16. The highest BCUT2D eigenvalue weighted by Gasteiger charge is 2.22. The minimum Gasteiger partial charge on any atom is -0.268 e. The molecule has 0 N–H and O–H groups in total. The van der Waals surface area contributed by atoms with Crippen molar-refractivity contribution < 1.29 is 0 Å². The van der Waals surface area contributed by atoms with Gasteiger partial charge in [-0.25, -0.2) is 53.7 Å². The predicted molar refractivity (Wildman–Crippen MR) is 492 cm³/mol. The molecule has 0 amide bonds. The van der Waals surface area contributed by atoms with Crippen molar-refractivity contribution >= 4 is 192 Å². The lowest BCUT2D eigenvalue weighted by Crippen LogP contribution is -2.13. The summed E-state index contributed by atoms with van der Waals surface area (Å²) in [7, 11) is 0. The molecule has 25 aromatic rings. The van der Waals surface area contributed by atoms with E-state index in [4.69, 9.17) is 0 Å². The molecule has 0 saturated carbocycles. The van der Waals surface area contributed by atoms with E-state index >= 15 is 0 Å². The van der Waals surface area contributed by atoms with Gasteiger partial charge >= 0.3 is 0 Å². The molecule has 0 unspecified atom stereocenters. The summed E-state index contributed by atoms with van der Waals surface area (Å²) < 4.78 is 8.19. The van der Waals surface area contributed by atoms with Crippen LogP contribution in [0.25, 0.3) is 192 Å². The molecule has 0 fully saturated rings. The molecule has 0 saturated heterocycles. The van der Waals surface area contributed by atoms with E-state index in [9.17, 15) is 24.0 Å². The van der Waals surface area contributed by atoms with Crippen LogP contribution in [0.4, 0.5) is 0 Å². The monoisotopic (exact) mass is 1580 g/mol. The third-order valence-electron chi connectivity index (χ3n) is 20.0. The van der Waals surface area contributed by atoms with Gasteiger partial charge in [0.05, 0.1) is 34.5 Å². The number of imidazole rings is 5. The quantitative estimate of drug-likeness (QED) is 0.137. The van der Waals surface area contributed by atoms with E-state index in [0.29, 0.717) is 61.6 Å². The van der Waals surface area contributed by atoms with Gasteiger partial charge in [0.1, 0.15) is 28.0 Å². The lowest BCUT2D eigenvalue weighted by atomic mass is 10.0. The molecular weight excluding hydrogens is 1490 g/mol. The van der Waals surface area contributed by atoms with Crippen LogP contribution in [0, 0.1) is 0 Å². The third kappa shape index (κ3) is 13.6. The van der Waals surface area contributed by atoms with E-state index in [1.165, 1.54) is 32.1 Å². The molecule has 0 atom stereocenters. The minimum absolute atomic E-state index is 0.0250. The van der Waals surface area contributed by atoms with Crippen LogP contribution in [0.2, 0.25) is 0 Å². The maximum atomic E-state index is 12.9. The number of hydrogen-bond donors (Lipinski definition) is 0. The molecule has 0 spiro atoms. The number of benzene rings is 10. The van der Waals surface area contributed by atoms with Crippen LogP contribution in [-0.4, -0.2) is 76.8 Å². The fourth-order valence-corrected chi connectivity index (χ4v) is 15.5. The van der Waals surface area contributed by atoms with Gasteiger partial charge in [-0.1, -0.05) is 253 Å². The first-order valence-electron chi connectivity index (χ1n) is 40.6. The molecule has 10 aromatic carbocycles. The normalized spacial score (nSPS) is 11.2. The molecule has 0 aliphatic carbocycles. The lowest BCUT2D eigenvalue weighted by Gasteiger charge is -2.06. The number of rotatable bonds is 0. The second kappa shape index (κ2) is 34.0. The van der Waals surface area contributed by atoms with E-state index in [-0.39, 0.29) is 27.8 Å². The topological polar surface area (TPSA) is 249 Å². The highest BCUT2D eigenvalue weighted by Crippen LogP contribution is 2.35. The minimum atomic E-state index is -0.0997. The van der Waals surface area contributed by atoms with Crippen LogP contribution in [0.5, 0.6) is 0 Å². The number of fused-ring (bicyclic) bond motifs is 20. The molecule has 21 heteroatoms. The smallest absolute Gasteiger partial charge is 0.266 e. The van der Waals surface area contributed by atoms with Crippen molar-refractivity contribution in [2.45, 2.75) is 101 Å². The average Bonchev–Trinajstić information content (AvgIpc) is 1.55. The molecule has 15 heterocycles. The van der Waals surface area contributed by atoms with Gasteiger partial charge in [0.25, 0.3) is 27.8 Å². The van der Waals surface area contributed by atoms with Crippen molar-refractivity contribution in [3.8, 4) is 0 Å². The van der Waals surface area contributed by atoms with Crippen molar-refractivity contribution in [1.29, 1.82) is 0 Å². The number of aromatic nitrogens is 16. The molecule has 0 aliphatic rings. The lowest BCUT2D eigenvalue weighted by molar-refractivity contribution is 1.09. The van der Waals surface area contributed by atoms with Gasteiger partial charge in [-0.15, -0.1) is 0 Å². The Hall–Kier alpha value is -15.1. The summed E-state index contributed by atoms with van der Waals surface area (Å²) >= 11 is 0. The Morgan fingerprint density at radius 1 is 0.217 bits per heavy atom. The Labute approximate surface area is 685 Å². The van der Waals surface area contributed by atoms with Gasteiger partial charge in [-0.05, 0) is 93.7 Å². The number of pyridine rings is 9. The second-order valence-electron chi connectivity index (χ2n) is 29.1. The van der Waals surface area contributed by atoms with Gasteiger partial charge in [0.2, 0.25) is 0 Å². The SMILES string of the molecule is CCC.CCC.CCC.CCC.CCC.O=c1c2cccc3cccc(c32)c2nc3cccnc3n12.O=c1c2cccc3cccc(c32)c2nc3ccncc3n12.O=c1c2cccc3cccc(c32)c2nc3cnccc3n12.O=c1c2cccc3cccc(c32)c2nc3ncccc3n12.O=c1c2cccc3cccc(c32)c2nc3nccnc3n12. The van der Waals surface area contributed by atoms with Crippen molar-refractivity contribution in [2.75, 3.05) is 0 Å². The third-order valence-corrected chi connectivity index (χ3v) is 20.0. The van der Waals surface area contributed by atoms with Gasteiger partial charge in [-0.2, -0.15) is 0 Å². The summed E-state index contributed by atoms with van der Waals surface area (Å²) in [6.45, 7) is 21.2. The summed E-state index contributed by atoms with van der Waals surface area (Å²) in [6.07, 6.45) is 19.6. The molecule has 0 radical (unpaired) electrons. The molecular formula is C99H84N16O5. The molecule has 21 nitrogen and oxygen atoms in total. The van der Waals surface area contributed by atoms with Crippen LogP contribution in [0.1, 0.15) is 101 Å². The van der Waals surface area contributed by atoms with Gasteiger partial charge < -0.3 is 0 Å². The van der Waals surface area contributed by atoms with Crippen molar-refractivity contribution in [3.63, 3.8) is 0 Å². The zero-order valence-corrected chi connectivity index (χ0v) is 68.1. The Kier molecular flexibility index (Phi) is 22.3. The van der Waals surface area contributed by atoms with Gasteiger partial charge in [-0.3, -0.25) is 47.1 Å². The first-order valence-corrected chi connectivity index (χ1v) is 40.6. The highest BCUT2D eigenvalue weighted by molar-refractivity contribution is 6.20. The zero-order chi connectivity index (χ0) is 83.4. The van der Waals surface area contributed by atoms with E-state index in [1.807, 2.05) is 218 Å². The summed E-state index contributed by atoms with van der Waals surface area (Å²) in [4.78, 5) is 112. The standard InChI is InChI=1S/4C17H9N3O.C16H8N4O.5C3H8/c21-17-12-7-2-5-10-4-1-6-11(14(10)12)16-19-15-13(20(16)17)8-3-9-18-15;21-17-12-7-2-5-10-4-1-6-11(14(10)12)15-19-13-8-3-9-18-16(13)20(15)17;21-17-12-6-2-4-10-3-1-5-11(15(10)12)16-19-13-9-18-8-7-14(13)20(16)17;21-17-12-6-2-4-10-3-1-5-11(15(10)12)16-19-13-7-8-18-9-14(13)20(16)17;21-16-11-6-2-4-9-3-1-5-10(12(9)11)14-19-13-15(20(14)16)18-8-7-17-13;5*1-3-2/h4*1-9H;1-8H;5*3H2,1-2H3. The highest BCUT2D eigenvalue weighted by atomic mass is 16.1. The van der Waals surface area contributed by atoms with E-state index in [1.54, 1.807) is 71.6 Å². The zero-order valence-electron chi connectivity index (χ0n) is 68.1. The fourth-order valence-electron chi connectivity index (χ4n) is 15.5. The predicted octanol–water partition coefficient (Wildman–Crippen LogP) is 21.4. The Balaban J connectivity index is 0.000000107. The van der Waals surface area contributed by atoms with E-state index in [0.717, 1.165) is 130 Å². The van der Waals surface area contributed by atoms with Crippen LogP contribution >= 0.6 is 0 Å². The first kappa shape index (κ1) is 78.8. The average molecular weight is 1580 g/mol. The molecule has 25 rings (SSSR count). The Bertz CT molecular complexity index is 7230. The summed E-state index contributed by atoms with van der Waals surface area (Å²) in [5.74, 6) is 0. The molecule has 120 heavy (non-hydrogen) atoms. The maximum Gasteiger partial charge on any atom is 0.266 e. The second-order valence-corrected chi connectivity index (χ2v) is 29.1. The van der Waals surface area contributed by atoms with Crippen LogP contribution < -0.4 is 27.8 Å². The summed E-state index contributed by atoms with van der Waals surface area (Å²) in [5.41, 5.74) is 9.91. The Morgan fingerprint density at radius 3 is 0.967 bits per heavy atom. The number of nitrogens with zero attached hydrogens (tertiary/aromatic N) is 16. The molecule has 590 valence electrons. The molecule has 15 aromatic heterocycles. The van der Waals surface area contributed by atoms with Crippen LogP contribution in [0.3, 0.4) is 0 Å². The fraction of sp³-hybridized carbons (Fsp3) is 0.152. The first-order chi connectivity index (χ1) is 58.8. The Morgan fingerprint density at radius 2 is 0.517 bits per heavy atom. The van der Waals surface area contributed by atoms with Gasteiger partial charge in [0, 0.05) is 118 Å². The maximum absolute atomic E-state index is 12.9. The van der Waals surface area contributed by atoms with Crippen LogP contribution in [-0.2, 0) is 0 Å². The molecule has 0 aliphatic heterocycles. The van der Waals surface area contributed by atoms with E-state index < -0.39 is 0 Å². The van der Waals surface area contributed by atoms with Crippen LogP contribution in [0.15, 0.2) is 292 Å². The summed E-state index contributed by atoms with van der Waals surface area (Å²) in [6, 6.07) is 70.2. The summed E-state index contributed by atoms with van der Waals surface area (Å²) in [5, 5.41) is 18.7. The molecule has 0 bridgehead atoms. The van der Waals surface area contributed by atoms with Crippen molar-refractivity contribution in [2.24, 2.45) is 0 Å². The van der Waals surface area contributed by atoms with Gasteiger partial charge in [0.15, 0.2) is 33.9 Å². The largest absolute Gasteiger partial charge is 0.268 e.